The third-order valence-corrected chi connectivity index (χ3v) is 4.75. The van der Waals surface area contributed by atoms with Gasteiger partial charge >= 0.3 is 0 Å². The van der Waals surface area contributed by atoms with Gasteiger partial charge in [0.1, 0.15) is 0 Å². The van der Waals surface area contributed by atoms with Crippen molar-refractivity contribution in [1.29, 1.82) is 0 Å². The zero-order chi connectivity index (χ0) is 11.8. The molecule has 2 atom stereocenters. The van der Waals surface area contributed by atoms with Gasteiger partial charge in [0.05, 0.1) is 5.69 Å². The molecule has 1 aromatic rings. The predicted octanol–water partition coefficient (Wildman–Crippen LogP) is 1.45. The molecule has 3 rings (SSSR count). The normalized spacial score (nSPS) is 27.2. The van der Waals surface area contributed by atoms with Crippen LogP contribution in [0.25, 0.3) is 0 Å². The van der Waals surface area contributed by atoms with E-state index in [1.807, 2.05) is 6.92 Å². The molecule has 0 aliphatic carbocycles. The summed E-state index contributed by atoms with van der Waals surface area (Å²) in [7, 11) is 0. The Labute approximate surface area is 106 Å². The van der Waals surface area contributed by atoms with Crippen molar-refractivity contribution in [1.82, 2.24) is 9.88 Å². The summed E-state index contributed by atoms with van der Waals surface area (Å²) in [5.41, 5.74) is 6.89. The summed E-state index contributed by atoms with van der Waals surface area (Å²) < 4.78 is 0. The lowest BCUT2D eigenvalue weighted by Gasteiger charge is -2.37. The second-order valence-corrected chi connectivity index (χ2v) is 5.96. The minimum absolute atomic E-state index is 0.0489. The van der Waals surface area contributed by atoms with Crippen molar-refractivity contribution in [2.75, 3.05) is 31.1 Å². The van der Waals surface area contributed by atoms with E-state index >= 15 is 0 Å². The van der Waals surface area contributed by atoms with Crippen molar-refractivity contribution >= 4 is 16.5 Å². The minimum Gasteiger partial charge on any atom is -0.345 e. The molecule has 0 amide bonds. The highest BCUT2D eigenvalue weighted by atomic mass is 32.1. The number of nitrogens with two attached hydrogens (primary N) is 1. The fraction of sp³-hybridized carbons (Fsp3) is 0.750. The number of hydrogen-bond donors (Lipinski definition) is 1. The molecule has 0 spiro atoms. The van der Waals surface area contributed by atoms with Gasteiger partial charge in [0.25, 0.3) is 0 Å². The van der Waals surface area contributed by atoms with E-state index in [4.69, 9.17) is 5.73 Å². The number of aromatic nitrogens is 1. The lowest BCUT2D eigenvalue weighted by atomic mass is 10.2. The maximum atomic E-state index is 5.86. The fourth-order valence-corrected chi connectivity index (χ4v) is 3.76. The number of hydrogen-bond acceptors (Lipinski definition) is 5. The van der Waals surface area contributed by atoms with Crippen molar-refractivity contribution in [3.8, 4) is 0 Å². The minimum atomic E-state index is 0.0489. The molecule has 2 saturated heterocycles. The molecule has 2 fully saturated rings. The van der Waals surface area contributed by atoms with Crippen LogP contribution in [-0.2, 0) is 0 Å². The van der Waals surface area contributed by atoms with Crippen molar-refractivity contribution in [3.63, 3.8) is 0 Å². The van der Waals surface area contributed by atoms with E-state index in [2.05, 4.69) is 20.2 Å². The molecule has 3 heterocycles. The molecule has 17 heavy (non-hydrogen) atoms. The molecule has 0 bridgehead atoms. The van der Waals surface area contributed by atoms with Crippen LogP contribution in [0.4, 0.5) is 5.13 Å². The van der Waals surface area contributed by atoms with E-state index in [0.717, 1.165) is 30.0 Å². The van der Waals surface area contributed by atoms with Gasteiger partial charge in [0.15, 0.2) is 5.13 Å². The summed E-state index contributed by atoms with van der Waals surface area (Å²) >= 11 is 1.73. The first-order chi connectivity index (χ1) is 8.24. The molecular weight excluding hydrogens is 232 g/mol. The zero-order valence-corrected chi connectivity index (χ0v) is 11.1. The Morgan fingerprint density at radius 3 is 3.12 bits per heavy atom. The van der Waals surface area contributed by atoms with Gasteiger partial charge in [0.2, 0.25) is 0 Å². The van der Waals surface area contributed by atoms with Crippen LogP contribution < -0.4 is 10.6 Å². The van der Waals surface area contributed by atoms with E-state index in [1.165, 1.54) is 25.9 Å². The van der Waals surface area contributed by atoms with Crippen molar-refractivity contribution in [2.45, 2.75) is 31.8 Å². The molecule has 0 saturated carbocycles. The Hall–Kier alpha value is -0.650. The lowest BCUT2D eigenvalue weighted by molar-refractivity contribution is 0.231. The second-order valence-electron chi connectivity index (χ2n) is 5.12. The Morgan fingerprint density at radius 2 is 2.35 bits per heavy atom. The molecular formula is C12H20N4S. The van der Waals surface area contributed by atoms with E-state index in [0.29, 0.717) is 0 Å². The number of fused-ring (bicyclic) bond motifs is 1. The Balaban J connectivity index is 1.71. The summed E-state index contributed by atoms with van der Waals surface area (Å²) in [5.74, 6) is 0. The van der Waals surface area contributed by atoms with E-state index in [-0.39, 0.29) is 6.04 Å². The van der Waals surface area contributed by atoms with Crippen LogP contribution in [0.5, 0.6) is 0 Å². The first-order valence-corrected chi connectivity index (χ1v) is 7.32. The molecule has 2 unspecified atom stereocenters. The van der Waals surface area contributed by atoms with E-state index in [9.17, 15) is 0 Å². The fourth-order valence-electron chi connectivity index (χ4n) is 2.80. The molecule has 0 aromatic carbocycles. The van der Waals surface area contributed by atoms with Gasteiger partial charge in [-0.2, -0.15) is 0 Å². The Kier molecular flexibility index (Phi) is 3.06. The zero-order valence-electron chi connectivity index (χ0n) is 10.3. The first kappa shape index (κ1) is 11.4. The Morgan fingerprint density at radius 1 is 1.47 bits per heavy atom. The molecule has 94 valence electrons. The second kappa shape index (κ2) is 4.55. The standard InChI is InChI=1S/C12H20N4S/c1-9(13)11-8-17-12(14-11)16-6-5-15-4-2-3-10(15)7-16/h8-10H,2-7,13H2,1H3. The van der Waals surface area contributed by atoms with Crippen LogP contribution in [0.1, 0.15) is 31.5 Å². The Bertz CT molecular complexity index is 390. The molecule has 5 heteroatoms. The number of rotatable bonds is 2. The number of thiazole rings is 1. The number of anilines is 1. The van der Waals surface area contributed by atoms with Crippen molar-refractivity contribution in [3.05, 3.63) is 11.1 Å². The molecule has 0 radical (unpaired) electrons. The van der Waals surface area contributed by atoms with Crippen LogP contribution in [0.15, 0.2) is 5.38 Å². The molecule has 4 nitrogen and oxygen atoms in total. The van der Waals surface area contributed by atoms with E-state index < -0.39 is 0 Å². The summed E-state index contributed by atoms with van der Waals surface area (Å²) in [6.45, 7) is 6.74. The summed E-state index contributed by atoms with van der Waals surface area (Å²) in [4.78, 5) is 9.70. The number of piperazine rings is 1. The smallest absolute Gasteiger partial charge is 0.185 e. The molecule has 2 aliphatic rings. The first-order valence-electron chi connectivity index (χ1n) is 6.44. The summed E-state index contributed by atoms with van der Waals surface area (Å²) in [6.07, 6.45) is 2.71. The maximum Gasteiger partial charge on any atom is 0.185 e. The van der Waals surface area contributed by atoms with Crippen molar-refractivity contribution < 1.29 is 0 Å². The quantitative estimate of drug-likeness (QED) is 0.865. The topological polar surface area (TPSA) is 45.4 Å². The monoisotopic (exact) mass is 252 g/mol. The predicted molar refractivity (Wildman–Crippen MR) is 71.5 cm³/mol. The summed E-state index contributed by atoms with van der Waals surface area (Å²) in [5, 5.41) is 3.25. The average Bonchev–Trinajstić information content (AvgIpc) is 2.97. The number of nitrogens with zero attached hydrogens (tertiary/aromatic N) is 3. The third-order valence-electron chi connectivity index (χ3n) is 3.83. The lowest BCUT2D eigenvalue weighted by Crippen LogP contribution is -2.50. The summed E-state index contributed by atoms with van der Waals surface area (Å²) in [6, 6.07) is 0.805. The van der Waals surface area contributed by atoms with Crippen LogP contribution >= 0.6 is 11.3 Å². The average molecular weight is 252 g/mol. The molecule has 2 N–H and O–H groups in total. The van der Waals surface area contributed by atoms with Gasteiger partial charge in [-0.1, -0.05) is 0 Å². The van der Waals surface area contributed by atoms with Gasteiger partial charge < -0.3 is 10.6 Å². The maximum absolute atomic E-state index is 5.86. The van der Waals surface area contributed by atoms with Gasteiger partial charge in [-0.3, -0.25) is 4.90 Å². The highest BCUT2D eigenvalue weighted by Gasteiger charge is 2.31. The largest absolute Gasteiger partial charge is 0.345 e. The van der Waals surface area contributed by atoms with Gasteiger partial charge in [0, 0.05) is 37.1 Å². The van der Waals surface area contributed by atoms with Crippen molar-refractivity contribution in [2.24, 2.45) is 5.73 Å². The van der Waals surface area contributed by atoms with Crippen LogP contribution in [0.2, 0.25) is 0 Å². The van der Waals surface area contributed by atoms with E-state index in [1.54, 1.807) is 11.3 Å². The highest BCUT2D eigenvalue weighted by Crippen LogP contribution is 2.28. The molecule has 1 aromatic heterocycles. The van der Waals surface area contributed by atoms with Crippen LogP contribution in [0.3, 0.4) is 0 Å². The third kappa shape index (κ3) is 2.19. The highest BCUT2D eigenvalue weighted by molar-refractivity contribution is 7.13. The van der Waals surface area contributed by atoms with Crippen LogP contribution in [0, 0.1) is 0 Å². The van der Waals surface area contributed by atoms with Gasteiger partial charge in [-0.05, 0) is 26.3 Å². The SMILES string of the molecule is CC(N)c1csc(N2CCN3CCCC3C2)n1. The molecule has 2 aliphatic heterocycles. The van der Waals surface area contributed by atoms with Crippen LogP contribution in [-0.4, -0.2) is 42.1 Å². The van der Waals surface area contributed by atoms with Gasteiger partial charge in [-0.15, -0.1) is 11.3 Å². The van der Waals surface area contributed by atoms with Gasteiger partial charge in [-0.25, -0.2) is 4.98 Å².